The highest BCUT2D eigenvalue weighted by atomic mass is 35.5. The highest BCUT2D eigenvalue weighted by molar-refractivity contribution is 6.29. The number of aromatic nitrogens is 3. The van der Waals surface area contributed by atoms with E-state index in [-0.39, 0.29) is 5.95 Å². The van der Waals surface area contributed by atoms with Crippen LogP contribution in [-0.2, 0) is 0 Å². The molecule has 0 saturated carbocycles. The van der Waals surface area contributed by atoms with Crippen molar-refractivity contribution in [1.29, 1.82) is 0 Å². The number of pyridine rings is 1. The molecule has 0 fully saturated rings. The largest absolute Gasteiger partial charge is 0.368 e. The van der Waals surface area contributed by atoms with E-state index in [1.807, 2.05) is 30.3 Å². The highest BCUT2D eigenvalue weighted by Crippen LogP contribution is 2.21. The zero-order valence-electron chi connectivity index (χ0n) is 9.84. The lowest BCUT2D eigenvalue weighted by molar-refractivity contribution is 1.18. The predicted molar refractivity (Wildman–Crippen MR) is 76.5 cm³/mol. The number of hydrogen-bond donors (Lipinski definition) is 2. The quantitative estimate of drug-likeness (QED) is 0.701. The Kier molecular flexibility index (Phi) is 2.89. The molecule has 94 valence electrons. The molecule has 0 bridgehead atoms. The molecule has 19 heavy (non-hydrogen) atoms. The second kappa shape index (κ2) is 4.70. The number of nitrogens with one attached hydrogen (secondary N) is 1. The van der Waals surface area contributed by atoms with Crippen molar-refractivity contribution >= 4 is 40.0 Å². The maximum absolute atomic E-state index is 5.83. The summed E-state index contributed by atoms with van der Waals surface area (Å²) in [5.41, 5.74) is 7.37. The van der Waals surface area contributed by atoms with Crippen LogP contribution in [0.1, 0.15) is 0 Å². The topological polar surface area (TPSA) is 76.7 Å². The smallest absolute Gasteiger partial charge is 0.223 e. The third-order valence-corrected chi connectivity index (χ3v) is 2.78. The fourth-order valence-electron chi connectivity index (χ4n) is 1.80. The summed E-state index contributed by atoms with van der Waals surface area (Å²) in [4.78, 5) is 12.1. The van der Waals surface area contributed by atoms with Crippen LogP contribution < -0.4 is 11.1 Å². The van der Waals surface area contributed by atoms with Crippen LogP contribution in [0.5, 0.6) is 0 Å². The zero-order chi connectivity index (χ0) is 13.2. The van der Waals surface area contributed by atoms with E-state index < -0.39 is 0 Å². The molecule has 6 heteroatoms. The molecule has 2 aromatic heterocycles. The zero-order valence-corrected chi connectivity index (χ0v) is 10.6. The van der Waals surface area contributed by atoms with Gasteiger partial charge < -0.3 is 11.1 Å². The molecule has 1 aromatic carbocycles. The van der Waals surface area contributed by atoms with Gasteiger partial charge in [0.1, 0.15) is 11.0 Å². The van der Waals surface area contributed by atoms with Gasteiger partial charge >= 0.3 is 0 Å². The summed E-state index contributed by atoms with van der Waals surface area (Å²) < 4.78 is 0. The lowest BCUT2D eigenvalue weighted by atomic mass is 10.2. The van der Waals surface area contributed by atoms with Gasteiger partial charge in [0.05, 0.1) is 5.52 Å². The van der Waals surface area contributed by atoms with Crippen LogP contribution in [0.25, 0.3) is 10.9 Å². The Balaban J connectivity index is 1.96. The molecular weight excluding hydrogens is 262 g/mol. The van der Waals surface area contributed by atoms with E-state index >= 15 is 0 Å². The van der Waals surface area contributed by atoms with Gasteiger partial charge in [-0.2, -0.15) is 4.98 Å². The molecule has 0 spiro atoms. The molecule has 0 aliphatic heterocycles. The molecule has 3 aromatic rings. The minimum atomic E-state index is 0.137. The second-order valence-electron chi connectivity index (χ2n) is 3.97. The van der Waals surface area contributed by atoms with Crippen LogP contribution in [0, 0.1) is 0 Å². The standard InChI is InChI=1S/C13H10ClN5/c14-11-7-12(19-13(15)18-11)17-9-3-4-10-8(6-9)2-1-5-16-10/h1-7H,(H3,15,17,18,19). The second-order valence-corrected chi connectivity index (χ2v) is 4.36. The van der Waals surface area contributed by atoms with E-state index in [0.717, 1.165) is 16.6 Å². The number of nitrogen functional groups attached to an aromatic ring is 1. The maximum atomic E-state index is 5.83. The van der Waals surface area contributed by atoms with Crippen molar-refractivity contribution in [2.24, 2.45) is 0 Å². The van der Waals surface area contributed by atoms with Gasteiger partial charge in [0.15, 0.2) is 0 Å². The Bertz CT molecular complexity index is 724. The van der Waals surface area contributed by atoms with Crippen molar-refractivity contribution in [3.05, 3.63) is 47.7 Å². The SMILES string of the molecule is Nc1nc(Cl)cc(Nc2ccc3ncccc3c2)n1. The first kappa shape index (κ1) is 11.7. The number of hydrogen-bond acceptors (Lipinski definition) is 5. The summed E-state index contributed by atoms with van der Waals surface area (Å²) in [7, 11) is 0. The van der Waals surface area contributed by atoms with Crippen molar-refractivity contribution in [3.63, 3.8) is 0 Å². The minimum absolute atomic E-state index is 0.137. The Morgan fingerprint density at radius 3 is 2.84 bits per heavy atom. The fraction of sp³-hybridized carbons (Fsp3) is 0. The molecule has 0 radical (unpaired) electrons. The van der Waals surface area contributed by atoms with Crippen LogP contribution in [0.2, 0.25) is 5.15 Å². The van der Waals surface area contributed by atoms with E-state index in [2.05, 4.69) is 20.3 Å². The molecule has 2 heterocycles. The average molecular weight is 272 g/mol. The molecule has 3 rings (SSSR count). The van der Waals surface area contributed by atoms with E-state index in [0.29, 0.717) is 11.0 Å². The Labute approximate surface area is 114 Å². The summed E-state index contributed by atoms with van der Waals surface area (Å²) in [6.45, 7) is 0. The van der Waals surface area contributed by atoms with Gasteiger partial charge in [0, 0.05) is 23.3 Å². The first-order valence-corrected chi connectivity index (χ1v) is 6.00. The lowest BCUT2D eigenvalue weighted by Gasteiger charge is -2.07. The Morgan fingerprint density at radius 1 is 1.11 bits per heavy atom. The minimum Gasteiger partial charge on any atom is -0.368 e. The van der Waals surface area contributed by atoms with Crippen LogP contribution in [0.4, 0.5) is 17.5 Å². The van der Waals surface area contributed by atoms with Gasteiger partial charge in [-0.3, -0.25) is 4.98 Å². The average Bonchev–Trinajstić information content (AvgIpc) is 2.37. The summed E-state index contributed by atoms with van der Waals surface area (Å²) >= 11 is 5.83. The number of anilines is 3. The van der Waals surface area contributed by atoms with E-state index in [4.69, 9.17) is 17.3 Å². The van der Waals surface area contributed by atoms with E-state index in [9.17, 15) is 0 Å². The molecule has 3 N–H and O–H groups in total. The molecule has 0 amide bonds. The molecule has 5 nitrogen and oxygen atoms in total. The summed E-state index contributed by atoms with van der Waals surface area (Å²) in [6.07, 6.45) is 1.76. The van der Waals surface area contributed by atoms with Crippen molar-refractivity contribution in [1.82, 2.24) is 15.0 Å². The van der Waals surface area contributed by atoms with Gasteiger partial charge in [0.25, 0.3) is 0 Å². The van der Waals surface area contributed by atoms with Gasteiger partial charge in [-0.25, -0.2) is 4.98 Å². The number of nitrogens with zero attached hydrogens (tertiary/aromatic N) is 3. The number of rotatable bonds is 2. The van der Waals surface area contributed by atoms with Gasteiger partial charge in [-0.05, 0) is 24.3 Å². The third-order valence-electron chi connectivity index (χ3n) is 2.59. The molecule has 0 atom stereocenters. The monoisotopic (exact) mass is 271 g/mol. The number of nitrogens with two attached hydrogens (primary N) is 1. The van der Waals surface area contributed by atoms with Gasteiger partial charge in [-0.1, -0.05) is 17.7 Å². The lowest BCUT2D eigenvalue weighted by Crippen LogP contribution is -2.00. The van der Waals surface area contributed by atoms with E-state index in [1.54, 1.807) is 12.3 Å². The number of fused-ring (bicyclic) bond motifs is 1. The third kappa shape index (κ3) is 2.56. The first-order chi connectivity index (χ1) is 9.20. The molecule has 0 aliphatic rings. The molecule has 0 aliphatic carbocycles. The van der Waals surface area contributed by atoms with Crippen molar-refractivity contribution in [2.75, 3.05) is 11.1 Å². The molecular formula is C13H10ClN5. The van der Waals surface area contributed by atoms with Crippen molar-refractivity contribution in [3.8, 4) is 0 Å². The van der Waals surface area contributed by atoms with Crippen molar-refractivity contribution < 1.29 is 0 Å². The summed E-state index contributed by atoms with van der Waals surface area (Å²) in [5.74, 6) is 0.693. The summed E-state index contributed by atoms with van der Waals surface area (Å²) in [5, 5.41) is 4.48. The number of benzene rings is 1. The number of halogens is 1. The Hall–Kier alpha value is -2.40. The van der Waals surface area contributed by atoms with Crippen LogP contribution in [-0.4, -0.2) is 15.0 Å². The van der Waals surface area contributed by atoms with E-state index in [1.165, 1.54) is 0 Å². The van der Waals surface area contributed by atoms with Crippen LogP contribution in [0.15, 0.2) is 42.6 Å². The van der Waals surface area contributed by atoms with Crippen LogP contribution >= 0.6 is 11.6 Å². The molecule has 0 saturated heterocycles. The fourth-order valence-corrected chi connectivity index (χ4v) is 1.99. The summed E-state index contributed by atoms with van der Waals surface area (Å²) in [6, 6.07) is 11.3. The van der Waals surface area contributed by atoms with Crippen molar-refractivity contribution in [2.45, 2.75) is 0 Å². The normalized spacial score (nSPS) is 10.6. The maximum Gasteiger partial charge on any atom is 0.223 e. The van der Waals surface area contributed by atoms with Crippen LogP contribution in [0.3, 0.4) is 0 Å². The molecule has 0 unspecified atom stereocenters. The highest BCUT2D eigenvalue weighted by Gasteiger charge is 2.02. The van der Waals surface area contributed by atoms with Gasteiger partial charge in [0.2, 0.25) is 5.95 Å². The van der Waals surface area contributed by atoms with Gasteiger partial charge in [-0.15, -0.1) is 0 Å². The predicted octanol–water partition coefficient (Wildman–Crippen LogP) is 3.00. The first-order valence-electron chi connectivity index (χ1n) is 5.62. The Morgan fingerprint density at radius 2 is 2.00 bits per heavy atom.